The molecule has 0 aromatic carbocycles. The van der Waals surface area contributed by atoms with Crippen LogP contribution < -0.4 is 5.32 Å². The monoisotopic (exact) mass is 241 g/mol. The Labute approximate surface area is 110 Å². The smallest absolute Gasteiger partial charge is 0.00671 e. The fourth-order valence-corrected chi connectivity index (χ4v) is 2.12. The molecule has 0 fully saturated rings. The van der Waals surface area contributed by atoms with E-state index in [2.05, 4.69) is 53.8 Å². The highest BCUT2D eigenvalue weighted by Crippen LogP contribution is 2.25. The van der Waals surface area contributed by atoms with Crippen molar-refractivity contribution in [1.29, 1.82) is 0 Å². The Bertz CT molecular complexity index is 183. The standard InChI is InChI=1S/C16H35N/c1-8-17-14(11-13-16(5,6)7)10-9-12-15(2,3)4/h14,17H,8-13H2,1-7H3. The number of rotatable bonds is 7. The van der Waals surface area contributed by atoms with Crippen LogP contribution in [0, 0.1) is 10.8 Å². The second-order valence-electron chi connectivity index (χ2n) is 7.81. The predicted molar refractivity (Wildman–Crippen MR) is 79.5 cm³/mol. The van der Waals surface area contributed by atoms with Gasteiger partial charge in [-0.25, -0.2) is 0 Å². The summed E-state index contributed by atoms with van der Waals surface area (Å²) in [5.41, 5.74) is 0.957. The number of hydrogen-bond acceptors (Lipinski definition) is 1. The third-order valence-corrected chi connectivity index (χ3v) is 3.21. The van der Waals surface area contributed by atoms with E-state index in [0.29, 0.717) is 10.8 Å². The number of nitrogens with one attached hydrogen (secondary N) is 1. The van der Waals surface area contributed by atoms with E-state index in [-0.39, 0.29) is 0 Å². The van der Waals surface area contributed by atoms with E-state index in [1.807, 2.05) is 0 Å². The van der Waals surface area contributed by atoms with Gasteiger partial charge >= 0.3 is 0 Å². The van der Waals surface area contributed by atoms with Crippen molar-refractivity contribution < 1.29 is 0 Å². The molecule has 0 aliphatic heterocycles. The van der Waals surface area contributed by atoms with Crippen molar-refractivity contribution in [3.05, 3.63) is 0 Å². The van der Waals surface area contributed by atoms with Crippen LogP contribution in [0.5, 0.6) is 0 Å². The molecule has 0 rings (SSSR count). The normalized spacial score (nSPS) is 15.0. The molecule has 0 heterocycles. The molecule has 0 bridgehead atoms. The highest BCUT2D eigenvalue weighted by Gasteiger charge is 2.16. The largest absolute Gasteiger partial charge is 0.314 e. The fraction of sp³-hybridized carbons (Fsp3) is 1.00. The molecule has 0 aliphatic rings. The maximum atomic E-state index is 3.64. The van der Waals surface area contributed by atoms with Gasteiger partial charge in [0.2, 0.25) is 0 Å². The molecule has 0 aromatic heterocycles. The fourth-order valence-electron chi connectivity index (χ4n) is 2.12. The lowest BCUT2D eigenvalue weighted by Gasteiger charge is -2.25. The molecule has 1 atom stereocenters. The van der Waals surface area contributed by atoms with Gasteiger partial charge < -0.3 is 5.32 Å². The van der Waals surface area contributed by atoms with Crippen molar-refractivity contribution in [3.63, 3.8) is 0 Å². The summed E-state index contributed by atoms with van der Waals surface area (Å²) in [5, 5.41) is 3.64. The second-order valence-corrected chi connectivity index (χ2v) is 7.81. The second kappa shape index (κ2) is 7.41. The van der Waals surface area contributed by atoms with E-state index in [9.17, 15) is 0 Å². The molecule has 0 amide bonds. The van der Waals surface area contributed by atoms with E-state index in [0.717, 1.165) is 12.6 Å². The van der Waals surface area contributed by atoms with Crippen molar-refractivity contribution in [3.8, 4) is 0 Å². The quantitative estimate of drug-likeness (QED) is 0.661. The Morgan fingerprint density at radius 3 is 1.76 bits per heavy atom. The molecule has 17 heavy (non-hydrogen) atoms. The minimum atomic E-state index is 0.470. The zero-order valence-corrected chi connectivity index (χ0v) is 13.3. The Kier molecular flexibility index (Phi) is 7.39. The summed E-state index contributed by atoms with van der Waals surface area (Å²) in [6.07, 6.45) is 6.67. The first-order chi connectivity index (χ1) is 7.64. The van der Waals surface area contributed by atoms with Gasteiger partial charge in [0, 0.05) is 6.04 Å². The van der Waals surface area contributed by atoms with Crippen LogP contribution >= 0.6 is 0 Å². The first-order valence-corrected chi connectivity index (χ1v) is 7.37. The van der Waals surface area contributed by atoms with Gasteiger partial charge in [-0.05, 0) is 43.1 Å². The van der Waals surface area contributed by atoms with Gasteiger partial charge in [0.1, 0.15) is 0 Å². The Morgan fingerprint density at radius 2 is 1.35 bits per heavy atom. The van der Waals surface area contributed by atoms with Crippen LogP contribution in [0.25, 0.3) is 0 Å². The van der Waals surface area contributed by atoms with Gasteiger partial charge in [-0.2, -0.15) is 0 Å². The first-order valence-electron chi connectivity index (χ1n) is 7.37. The van der Waals surface area contributed by atoms with E-state index >= 15 is 0 Å². The molecule has 0 aromatic rings. The predicted octanol–water partition coefficient (Wildman–Crippen LogP) is 5.01. The molecule has 1 nitrogen and oxygen atoms in total. The lowest BCUT2D eigenvalue weighted by atomic mass is 9.85. The van der Waals surface area contributed by atoms with Crippen molar-refractivity contribution in [1.82, 2.24) is 5.32 Å². The minimum Gasteiger partial charge on any atom is -0.314 e. The first kappa shape index (κ1) is 17.0. The van der Waals surface area contributed by atoms with Crippen LogP contribution in [-0.2, 0) is 0 Å². The van der Waals surface area contributed by atoms with E-state index < -0.39 is 0 Å². The highest BCUT2D eigenvalue weighted by molar-refractivity contribution is 4.72. The van der Waals surface area contributed by atoms with Crippen LogP contribution in [0.15, 0.2) is 0 Å². The molecule has 0 aliphatic carbocycles. The van der Waals surface area contributed by atoms with Crippen LogP contribution in [0.4, 0.5) is 0 Å². The molecule has 1 N–H and O–H groups in total. The van der Waals surface area contributed by atoms with Gasteiger partial charge in [-0.3, -0.25) is 0 Å². The van der Waals surface area contributed by atoms with Crippen LogP contribution in [0.3, 0.4) is 0 Å². The highest BCUT2D eigenvalue weighted by atomic mass is 14.9. The van der Waals surface area contributed by atoms with Gasteiger partial charge in [0.15, 0.2) is 0 Å². The number of hydrogen-bond donors (Lipinski definition) is 1. The maximum absolute atomic E-state index is 3.64. The molecule has 1 unspecified atom stereocenters. The summed E-state index contributed by atoms with van der Waals surface area (Å²) in [6, 6.07) is 0.724. The summed E-state index contributed by atoms with van der Waals surface area (Å²) in [6.45, 7) is 17.3. The Balaban J connectivity index is 3.90. The molecule has 104 valence electrons. The van der Waals surface area contributed by atoms with Crippen LogP contribution in [-0.4, -0.2) is 12.6 Å². The van der Waals surface area contributed by atoms with Crippen molar-refractivity contribution >= 4 is 0 Å². The topological polar surface area (TPSA) is 12.0 Å². The van der Waals surface area contributed by atoms with Crippen molar-refractivity contribution in [2.24, 2.45) is 10.8 Å². The van der Waals surface area contributed by atoms with Gasteiger partial charge in [-0.15, -0.1) is 0 Å². The molecule has 0 saturated carbocycles. The van der Waals surface area contributed by atoms with Crippen LogP contribution in [0.2, 0.25) is 0 Å². The molecule has 0 spiro atoms. The molecule has 1 heteroatoms. The Hall–Kier alpha value is -0.0400. The molecular formula is C16H35N. The lowest BCUT2D eigenvalue weighted by Crippen LogP contribution is -2.30. The van der Waals surface area contributed by atoms with E-state index in [4.69, 9.17) is 0 Å². The van der Waals surface area contributed by atoms with Crippen LogP contribution in [0.1, 0.15) is 80.6 Å². The molecular weight excluding hydrogens is 206 g/mol. The lowest BCUT2D eigenvalue weighted by molar-refractivity contribution is 0.303. The summed E-state index contributed by atoms with van der Waals surface area (Å²) in [7, 11) is 0. The average Bonchev–Trinajstić information content (AvgIpc) is 2.11. The average molecular weight is 241 g/mol. The summed E-state index contributed by atoms with van der Waals surface area (Å²) >= 11 is 0. The zero-order chi connectivity index (χ0) is 13.5. The van der Waals surface area contributed by atoms with Crippen molar-refractivity contribution in [2.45, 2.75) is 86.6 Å². The van der Waals surface area contributed by atoms with E-state index in [1.165, 1.54) is 32.1 Å². The van der Waals surface area contributed by atoms with Crippen molar-refractivity contribution in [2.75, 3.05) is 6.54 Å². The minimum absolute atomic E-state index is 0.470. The summed E-state index contributed by atoms with van der Waals surface area (Å²) < 4.78 is 0. The van der Waals surface area contributed by atoms with Gasteiger partial charge in [-0.1, -0.05) is 54.9 Å². The Morgan fingerprint density at radius 1 is 0.824 bits per heavy atom. The molecule has 0 radical (unpaired) electrons. The third kappa shape index (κ3) is 12.2. The SMILES string of the molecule is CCNC(CCCC(C)(C)C)CCC(C)(C)C. The zero-order valence-electron chi connectivity index (χ0n) is 13.3. The summed E-state index contributed by atoms with van der Waals surface area (Å²) in [5.74, 6) is 0. The summed E-state index contributed by atoms with van der Waals surface area (Å²) in [4.78, 5) is 0. The van der Waals surface area contributed by atoms with Gasteiger partial charge in [0.25, 0.3) is 0 Å². The third-order valence-electron chi connectivity index (χ3n) is 3.21. The molecule has 0 saturated heterocycles. The van der Waals surface area contributed by atoms with E-state index in [1.54, 1.807) is 0 Å². The maximum Gasteiger partial charge on any atom is 0.00671 e. The van der Waals surface area contributed by atoms with Gasteiger partial charge in [0.05, 0.1) is 0 Å².